The molecule has 0 N–H and O–H groups in total. The molecule has 0 atom stereocenters. The smallest absolute Gasteiger partial charge is 0.0540 e. The minimum Gasteiger partial charge on any atom is -0.311 e. The first-order valence-electron chi connectivity index (χ1n) is 23.2. The van der Waals surface area contributed by atoms with Gasteiger partial charge in [0.2, 0.25) is 0 Å². The molecule has 11 aromatic rings. The predicted octanol–water partition coefficient (Wildman–Crippen LogP) is 18.2. The highest BCUT2D eigenvalue weighted by Crippen LogP contribution is 2.54. The molecule has 318 valence electrons. The van der Waals surface area contributed by atoms with Crippen LogP contribution in [0.2, 0.25) is 0 Å². The van der Waals surface area contributed by atoms with Gasteiger partial charge in [0.1, 0.15) is 0 Å². The predicted molar refractivity (Wildman–Crippen MR) is 285 cm³/mol. The van der Waals surface area contributed by atoms with E-state index in [0.29, 0.717) is 0 Å². The Hall–Kier alpha value is -8.46. The van der Waals surface area contributed by atoms with Gasteiger partial charge in [0.25, 0.3) is 0 Å². The quantitative estimate of drug-likeness (QED) is 0.150. The van der Waals surface area contributed by atoms with Gasteiger partial charge in [-0.15, -0.1) is 0 Å². The Balaban J connectivity index is 0.958. The summed E-state index contributed by atoms with van der Waals surface area (Å²) in [6, 6.07) is 93.1. The van der Waals surface area contributed by atoms with Crippen molar-refractivity contribution in [1.29, 1.82) is 0 Å². The van der Waals surface area contributed by atoms with Crippen LogP contribution in [0.1, 0.15) is 25.0 Å². The molecule has 1 aliphatic heterocycles. The monoisotopic (exact) mass is 856 g/mol. The highest BCUT2D eigenvalue weighted by Gasteiger charge is 2.38. The average molecular weight is 857 g/mol. The van der Waals surface area contributed by atoms with Crippen LogP contribution in [0.3, 0.4) is 0 Å². The van der Waals surface area contributed by atoms with Gasteiger partial charge in [-0.2, -0.15) is 0 Å². The molecule has 0 aromatic heterocycles. The summed E-state index contributed by atoms with van der Waals surface area (Å²) in [7, 11) is 0. The van der Waals surface area contributed by atoms with Gasteiger partial charge in [-0.25, -0.2) is 0 Å². The molecule has 1 aliphatic rings. The lowest BCUT2D eigenvalue weighted by atomic mass is 9.72. The zero-order valence-corrected chi connectivity index (χ0v) is 37.6. The molecule has 67 heavy (non-hydrogen) atoms. The molecule has 0 aliphatic carbocycles. The molecule has 0 bridgehead atoms. The second-order valence-electron chi connectivity index (χ2n) is 18.2. The molecule has 0 saturated heterocycles. The summed E-state index contributed by atoms with van der Waals surface area (Å²) in [6.07, 6.45) is 0. The summed E-state index contributed by atoms with van der Waals surface area (Å²) in [5, 5.41) is 4.97. The third-order valence-corrected chi connectivity index (χ3v) is 13.9. The molecule has 0 radical (unpaired) electrons. The molecule has 12 rings (SSSR count). The summed E-state index contributed by atoms with van der Waals surface area (Å²) in [5.74, 6) is 0. The van der Waals surface area contributed by atoms with Crippen molar-refractivity contribution in [2.24, 2.45) is 0 Å². The molecule has 0 fully saturated rings. The van der Waals surface area contributed by atoms with Crippen molar-refractivity contribution in [3.63, 3.8) is 0 Å². The summed E-state index contributed by atoms with van der Waals surface area (Å²) in [5.41, 5.74) is 18.8. The third kappa shape index (κ3) is 7.15. The van der Waals surface area contributed by atoms with Crippen molar-refractivity contribution in [2.75, 3.05) is 9.80 Å². The van der Waals surface area contributed by atoms with E-state index in [4.69, 9.17) is 0 Å². The van der Waals surface area contributed by atoms with Gasteiger partial charge in [0.05, 0.1) is 17.1 Å². The van der Waals surface area contributed by atoms with Gasteiger partial charge in [0.15, 0.2) is 0 Å². The van der Waals surface area contributed by atoms with Crippen LogP contribution >= 0.6 is 0 Å². The molecule has 2 heteroatoms. The van der Waals surface area contributed by atoms with Crippen LogP contribution in [0.4, 0.5) is 34.1 Å². The van der Waals surface area contributed by atoms with Gasteiger partial charge in [-0.05, 0) is 139 Å². The third-order valence-electron chi connectivity index (χ3n) is 13.9. The fourth-order valence-corrected chi connectivity index (χ4v) is 10.3. The first-order valence-corrected chi connectivity index (χ1v) is 23.2. The maximum Gasteiger partial charge on any atom is 0.0540 e. The summed E-state index contributed by atoms with van der Waals surface area (Å²) < 4.78 is 0. The SMILES string of the molecule is CC1(C)c2cc(-c3ccc(N(c4ccc(-c5ccccc5)cc4)c4ccc(-c5ccccc5)cc4)cc3)ccc2N(c2cccc3ccccc23)c2ccc(-c3cccc4ccccc34)cc21. The highest BCUT2D eigenvalue weighted by molar-refractivity contribution is 6.02. The van der Waals surface area contributed by atoms with E-state index in [1.807, 2.05) is 0 Å². The Morgan fingerprint density at radius 1 is 0.299 bits per heavy atom. The largest absolute Gasteiger partial charge is 0.311 e. The van der Waals surface area contributed by atoms with Crippen molar-refractivity contribution < 1.29 is 0 Å². The summed E-state index contributed by atoms with van der Waals surface area (Å²) in [4.78, 5) is 4.86. The van der Waals surface area contributed by atoms with E-state index in [-0.39, 0.29) is 5.41 Å². The highest BCUT2D eigenvalue weighted by atomic mass is 15.2. The van der Waals surface area contributed by atoms with E-state index in [0.717, 1.165) is 17.1 Å². The lowest BCUT2D eigenvalue weighted by molar-refractivity contribution is 0.632. The Labute approximate surface area is 393 Å². The Morgan fingerprint density at radius 2 is 0.687 bits per heavy atom. The molecule has 0 unspecified atom stereocenters. The fraction of sp³-hybridized carbons (Fsp3) is 0.0462. The van der Waals surface area contributed by atoms with Crippen LogP contribution in [0.25, 0.3) is 66.1 Å². The Morgan fingerprint density at radius 3 is 1.24 bits per heavy atom. The fourth-order valence-electron chi connectivity index (χ4n) is 10.3. The maximum atomic E-state index is 2.50. The van der Waals surface area contributed by atoms with E-state index < -0.39 is 0 Å². The van der Waals surface area contributed by atoms with Crippen LogP contribution in [-0.2, 0) is 5.41 Å². The normalized spacial score (nSPS) is 12.7. The van der Waals surface area contributed by atoms with Crippen LogP contribution in [0.5, 0.6) is 0 Å². The van der Waals surface area contributed by atoms with Gasteiger partial charge in [-0.3, -0.25) is 0 Å². The van der Waals surface area contributed by atoms with E-state index in [1.165, 1.54) is 94.2 Å². The van der Waals surface area contributed by atoms with E-state index in [2.05, 4.69) is 278 Å². The topological polar surface area (TPSA) is 6.48 Å². The number of hydrogen-bond donors (Lipinski definition) is 0. The standard InChI is InChI=1S/C65H48N2/c1-65(2)60-43-52(49-31-39-56(40-32-49)66(54-35-27-47(28-36-54)45-15-5-3-6-16-45)55-37-29-48(30-38-55)46-17-7-4-8-18-46)33-41-63(60)67(62-26-14-22-51-20-10-12-24-59(51)62)64-42-34-53(44-61(64)65)58-25-13-21-50-19-9-11-23-57(50)58/h3-44H,1-2H3. The number of nitrogens with zero attached hydrogens (tertiary/aromatic N) is 2. The van der Waals surface area contributed by atoms with Crippen molar-refractivity contribution in [3.05, 3.63) is 266 Å². The lowest BCUT2D eigenvalue weighted by Crippen LogP contribution is -2.30. The first kappa shape index (κ1) is 40.1. The maximum absolute atomic E-state index is 2.50. The van der Waals surface area contributed by atoms with Crippen LogP contribution in [0, 0.1) is 0 Å². The molecule has 0 spiro atoms. The number of fused-ring (bicyclic) bond motifs is 4. The number of rotatable bonds is 8. The molecule has 2 nitrogen and oxygen atoms in total. The lowest BCUT2D eigenvalue weighted by Gasteiger charge is -2.43. The number of anilines is 6. The van der Waals surface area contributed by atoms with Gasteiger partial charge in [0, 0.05) is 27.9 Å². The van der Waals surface area contributed by atoms with E-state index in [1.54, 1.807) is 0 Å². The molecule has 0 saturated carbocycles. The Bertz CT molecular complexity index is 3480. The minimum absolute atomic E-state index is 0.309. The second-order valence-corrected chi connectivity index (χ2v) is 18.2. The zero-order chi connectivity index (χ0) is 44.9. The van der Waals surface area contributed by atoms with Gasteiger partial charge in [-0.1, -0.05) is 202 Å². The molecule has 11 aromatic carbocycles. The van der Waals surface area contributed by atoms with Crippen LogP contribution in [-0.4, -0.2) is 0 Å². The first-order chi connectivity index (χ1) is 33.0. The van der Waals surface area contributed by atoms with Crippen molar-refractivity contribution in [2.45, 2.75) is 19.3 Å². The van der Waals surface area contributed by atoms with Crippen LogP contribution in [0.15, 0.2) is 255 Å². The molecular formula is C65H48N2. The second kappa shape index (κ2) is 16.5. The van der Waals surface area contributed by atoms with Crippen molar-refractivity contribution >= 4 is 55.7 Å². The Kier molecular flexibility index (Phi) is 9.88. The molecule has 0 amide bonds. The van der Waals surface area contributed by atoms with Crippen LogP contribution < -0.4 is 9.80 Å². The van der Waals surface area contributed by atoms with E-state index >= 15 is 0 Å². The van der Waals surface area contributed by atoms with Gasteiger partial charge < -0.3 is 9.80 Å². The average Bonchev–Trinajstić information content (AvgIpc) is 3.40. The van der Waals surface area contributed by atoms with Gasteiger partial charge >= 0.3 is 0 Å². The molecule has 1 heterocycles. The minimum atomic E-state index is -0.309. The molecular weight excluding hydrogens is 809 g/mol. The van der Waals surface area contributed by atoms with Crippen molar-refractivity contribution in [3.8, 4) is 44.5 Å². The summed E-state index contributed by atoms with van der Waals surface area (Å²) in [6.45, 7) is 4.80. The number of benzene rings is 11. The number of hydrogen-bond acceptors (Lipinski definition) is 2. The van der Waals surface area contributed by atoms with E-state index in [9.17, 15) is 0 Å². The zero-order valence-electron chi connectivity index (χ0n) is 37.6. The summed E-state index contributed by atoms with van der Waals surface area (Å²) >= 11 is 0. The van der Waals surface area contributed by atoms with Crippen molar-refractivity contribution in [1.82, 2.24) is 0 Å².